The van der Waals surface area contributed by atoms with E-state index in [1.807, 2.05) is 49.4 Å². The Morgan fingerprint density at radius 3 is 2.20 bits per heavy atom. The van der Waals surface area contributed by atoms with Gasteiger partial charge >= 0.3 is 0 Å². The lowest BCUT2D eigenvalue weighted by atomic mass is 10.0. The highest BCUT2D eigenvalue weighted by atomic mass is 16.3. The number of amides is 1. The van der Waals surface area contributed by atoms with Gasteiger partial charge in [0.2, 0.25) is 0 Å². The Balaban J connectivity index is 1.71. The number of nitrogens with one attached hydrogen (secondary N) is 1. The molecule has 4 heteroatoms. The molecule has 0 spiro atoms. The summed E-state index contributed by atoms with van der Waals surface area (Å²) >= 11 is 0. The average molecular weight is 330 g/mol. The monoisotopic (exact) mass is 330 g/mol. The zero-order chi connectivity index (χ0) is 17.6. The first kappa shape index (κ1) is 16.5. The lowest BCUT2D eigenvalue weighted by molar-refractivity contribution is 0.0954. The quantitative estimate of drug-likeness (QED) is 0.556. The molecule has 0 unspecified atom stereocenters. The third kappa shape index (κ3) is 4.12. The predicted octanol–water partition coefficient (Wildman–Crippen LogP) is 4.21. The zero-order valence-electron chi connectivity index (χ0n) is 13.8. The smallest absolute Gasteiger partial charge is 0.271 e. The number of rotatable bonds is 4. The summed E-state index contributed by atoms with van der Waals surface area (Å²) < 4.78 is 0. The average Bonchev–Trinajstić information content (AvgIpc) is 2.66. The lowest BCUT2D eigenvalue weighted by Crippen LogP contribution is -2.19. The molecule has 0 atom stereocenters. The molecule has 0 saturated heterocycles. The minimum Gasteiger partial charge on any atom is -0.508 e. The van der Waals surface area contributed by atoms with E-state index in [-0.39, 0.29) is 11.7 Å². The van der Waals surface area contributed by atoms with Gasteiger partial charge in [-0.1, -0.05) is 60.7 Å². The number of carbonyl (C=O) groups is 1. The van der Waals surface area contributed by atoms with Crippen molar-refractivity contribution in [3.8, 4) is 16.9 Å². The first-order valence-electron chi connectivity index (χ1n) is 7.93. The van der Waals surface area contributed by atoms with E-state index in [1.165, 1.54) is 12.1 Å². The molecule has 0 heterocycles. The lowest BCUT2D eigenvalue weighted by Gasteiger charge is -2.05. The van der Waals surface area contributed by atoms with E-state index in [2.05, 4.69) is 22.7 Å². The molecule has 124 valence electrons. The fourth-order valence-electron chi connectivity index (χ4n) is 2.45. The molecule has 0 fully saturated rings. The molecular formula is C21H18N2O2. The van der Waals surface area contributed by atoms with Crippen LogP contribution in [0.25, 0.3) is 11.1 Å². The van der Waals surface area contributed by atoms with E-state index < -0.39 is 0 Å². The SMILES string of the molecule is C/C(=N/NC(=O)c1cccc(O)c1)c1ccc(-c2ccccc2)cc1. The Labute approximate surface area is 146 Å². The minimum absolute atomic E-state index is 0.0462. The Bertz CT molecular complexity index is 901. The molecule has 0 radical (unpaired) electrons. The minimum atomic E-state index is -0.365. The normalized spacial score (nSPS) is 11.2. The van der Waals surface area contributed by atoms with Crippen LogP contribution in [0.2, 0.25) is 0 Å². The number of hydrogen-bond acceptors (Lipinski definition) is 3. The van der Waals surface area contributed by atoms with Gasteiger partial charge in [0.1, 0.15) is 5.75 Å². The van der Waals surface area contributed by atoms with Gasteiger partial charge in [0, 0.05) is 5.56 Å². The molecule has 3 rings (SSSR count). The van der Waals surface area contributed by atoms with E-state index in [4.69, 9.17) is 0 Å². The van der Waals surface area contributed by atoms with Gasteiger partial charge in [-0.15, -0.1) is 0 Å². The van der Waals surface area contributed by atoms with Crippen LogP contribution in [0.5, 0.6) is 5.75 Å². The molecule has 0 aliphatic heterocycles. The third-order valence-electron chi connectivity index (χ3n) is 3.84. The second-order valence-electron chi connectivity index (χ2n) is 5.63. The molecule has 0 bridgehead atoms. The van der Waals surface area contributed by atoms with Crippen LogP contribution < -0.4 is 5.43 Å². The molecular weight excluding hydrogens is 312 g/mol. The van der Waals surface area contributed by atoms with Gasteiger partial charge in [0.25, 0.3) is 5.91 Å². The molecule has 0 aliphatic rings. The van der Waals surface area contributed by atoms with E-state index in [1.54, 1.807) is 12.1 Å². The Hall–Kier alpha value is -3.40. The number of hydrogen-bond donors (Lipinski definition) is 2. The van der Waals surface area contributed by atoms with Gasteiger partial charge in [-0.2, -0.15) is 5.10 Å². The van der Waals surface area contributed by atoms with E-state index in [0.29, 0.717) is 11.3 Å². The summed E-state index contributed by atoms with van der Waals surface area (Å²) in [6.07, 6.45) is 0. The van der Waals surface area contributed by atoms with Crippen molar-refractivity contribution in [1.29, 1.82) is 0 Å². The number of phenolic OH excluding ortho intramolecular Hbond substituents is 1. The van der Waals surface area contributed by atoms with Crippen molar-refractivity contribution in [3.05, 3.63) is 90.0 Å². The number of carbonyl (C=O) groups excluding carboxylic acids is 1. The van der Waals surface area contributed by atoms with Gasteiger partial charge in [-0.05, 0) is 41.8 Å². The van der Waals surface area contributed by atoms with Crippen LogP contribution in [0.4, 0.5) is 0 Å². The van der Waals surface area contributed by atoms with Crippen LogP contribution in [-0.4, -0.2) is 16.7 Å². The fourth-order valence-corrected chi connectivity index (χ4v) is 2.45. The van der Waals surface area contributed by atoms with E-state index in [9.17, 15) is 9.90 Å². The summed E-state index contributed by atoms with van der Waals surface area (Å²) in [6.45, 7) is 1.83. The maximum atomic E-state index is 12.0. The summed E-state index contributed by atoms with van der Waals surface area (Å²) in [5.74, 6) is -0.319. The van der Waals surface area contributed by atoms with Crippen molar-refractivity contribution in [3.63, 3.8) is 0 Å². The second kappa shape index (κ2) is 7.45. The number of nitrogens with zero attached hydrogens (tertiary/aromatic N) is 1. The molecule has 4 nitrogen and oxygen atoms in total. The molecule has 3 aromatic rings. The van der Waals surface area contributed by atoms with Crippen LogP contribution in [0.1, 0.15) is 22.8 Å². The topological polar surface area (TPSA) is 61.7 Å². The van der Waals surface area contributed by atoms with E-state index in [0.717, 1.165) is 16.7 Å². The fraction of sp³-hybridized carbons (Fsp3) is 0.0476. The maximum absolute atomic E-state index is 12.0. The Morgan fingerprint density at radius 1 is 0.840 bits per heavy atom. The van der Waals surface area contributed by atoms with Crippen molar-refractivity contribution < 1.29 is 9.90 Å². The van der Waals surface area contributed by atoms with Gasteiger partial charge in [-0.3, -0.25) is 4.79 Å². The Kier molecular flexibility index (Phi) is 4.90. The maximum Gasteiger partial charge on any atom is 0.271 e. The molecule has 25 heavy (non-hydrogen) atoms. The summed E-state index contributed by atoms with van der Waals surface area (Å²) in [6, 6.07) is 24.3. The van der Waals surface area contributed by atoms with Crippen LogP contribution in [0.15, 0.2) is 84.0 Å². The van der Waals surface area contributed by atoms with Gasteiger partial charge in [-0.25, -0.2) is 5.43 Å². The predicted molar refractivity (Wildman–Crippen MR) is 99.7 cm³/mol. The second-order valence-corrected chi connectivity index (χ2v) is 5.63. The van der Waals surface area contributed by atoms with Crippen molar-refractivity contribution in [1.82, 2.24) is 5.43 Å². The number of phenols is 1. The standard InChI is InChI=1S/C21H18N2O2/c1-15(22-23-21(25)19-8-5-9-20(24)14-19)16-10-12-18(13-11-16)17-6-3-2-4-7-17/h2-14,24H,1H3,(H,23,25)/b22-15-. The van der Waals surface area contributed by atoms with Crippen molar-refractivity contribution in [2.45, 2.75) is 6.92 Å². The third-order valence-corrected chi connectivity index (χ3v) is 3.84. The van der Waals surface area contributed by atoms with Crippen LogP contribution >= 0.6 is 0 Å². The highest BCUT2D eigenvalue weighted by Crippen LogP contribution is 2.19. The highest BCUT2D eigenvalue weighted by Gasteiger charge is 2.06. The molecule has 1 amide bonds. The molecule has 0 saturated carbocycles. The summed E-state index contributed by atoms with van der Waals surface area (Å²) in [5, 5.41) is 13.6. The van der Waals surface area contributed by atoms with Crippen LogP contribution in [-0.2, 0) is 0 Å². The molecule has 2 N–H and O–H groups in total. The first-order valence-corrected chi connectivity index (χ1v) is 7.93. The number of aromatic hydroxyl groups is 1. The summed E-state index contributed by atoms with van der Waals surface area (Å²) in [7, 11) is 0. The first-order chi connectivity index (χ1) is 12.1. The van der Waals surface area contributed by atoms with E-state index >= 15 is 0 Å². The number of benzene rings is 3. The van der Waals surface area contributed by atoms with Gasteiger partial charge in [0.15, 0.2) is 0 Å². The van der Waals surface area contributed by atoms with Crippen molar-refractivity contribution in [2.75, 3.05) is 0 Å². The van der Waals surface area contributed by atoms with Crippen molar-refractivity contribution >= 4 is 11.6 Å². The number of hydrazone groups is 1. The highest BCUT2D eigenvalue weighted by molar-refractivity contribution is 6.01. The van der Waals surface area contributed by atoms with Crippen molar-refractivity contribution in [2.24, 2.45) is 5.10 Å². The molecule has 0 aliphatic carbocycles. The zero-order valence-corrected chi connectivity index (χ0v) is 13.8. The van der Waals surface area contributed by atoms with Gasteiger partial charge in [0.05, 0.1) is 5.71 Å². The van der Waals surface area contributed by atoms with Crippen LogP contribution in [0, 0.1) is 0 Å². The molecule has 3 aromatic carbocycles. The Morgan fingerprint density at radius 2 is 1.52 bits per heavy atom. The summed E-state index contributed by atoms with van der Waals surface area (Å²) in [4.78, 5) is 12.0. The molecule has 0 aromatic heterocycles. The largest absolute Gasteiger partial charge is 0.508 e. The summed E-state index contributed by atoms with van der Waals surface area (Å²) in [5.41, 5.74) is 6.77. The van der Waals surface area contributed by atoms with Gasteiger partial charge < -0.3 is 5.11 Å². The van der Waals surface area contributed by atoms with Crippen LogP contribution in [0.3, 0.4) is 0 Å².